The van der Waals surface area contributed by atoms with Gasteiger partial charge in [0.2, 0.25) is 10.3 Å². The molecule has 7 nitrogen and oxygen atoms in total. The zero-order valence-electron chi connectivity index (χ0n) is 14.3. The number of ketones is 1. The summed E-state index contributed by atoms with van der Waals surface area (Å²) in [5.74, 6) is 0.597. The van der Waals surface area contributed by atoms with Crippen molar-refractivity contribution in [3.63, 3.8) is 0 Å². The van der Waals surface area contributed by atoms with Gasteiger partial charge in [-0.1, -0.05) is 30.4 Å². The number of aromatic nitrogens is 2. The monoisotopic (exact) mass is 359 g/mol. The van der Waals surface area contributed by atoms with Crippen molar-refractivity contribution in [1.29, 1.82) is 0 Å². The zero-order valence-corrected chi connectivity index (χ0v) is 15.1. The minimum absolute atomic E-state index is 0.0476. The number of hydrogen-bond acceptors (Lipinski definition) is 6. The average molecular weight is 359 g/mol. The number of nitrogens with zero attached hydrogens (tertiary/aromatic N) is 3. The maximum absolute atomic E-state index is 12.1. The van der Waals surface area contributed by atoms with Crippen LogP contribution in [-0.4, -0.2) is 35.1 Å². The minimum atomic E-state index is -0.407. The van der Waals surface area contributed by atoms with E-state index in [0.717, 1.165) is 24.6 Å². The molecule has 1 atom stereocenters. The van der Waals surface area contributed by atoms with Crippen molar-refractivity contribution in [1.82, 2.24) is 10.2 Å². The van der Waals surface area contributed by atoms with Crippen LogP contribution in [0.15, 0.2) is 24.3 Å². The second-order valence-electron chi connectivity index (χ2n) is 6.30. The zero-order chi connectivity index (χ0) is 17.8. The summed E-state index contributed by atoms with van der Waals surface area (Å²) in [7, 11) is 0. The summed E-state index contributed by atoms with van der Waals surface area (Å²) < 4.78 is 0. The number of carbonyl (C=O) groups is 2. The molecule has 1 aliphatic heterocycles. The number of urea groups is 1. The predicted molar refractivity (Wildman–Crippen MR) is 99.6 cm³/mol. The molecule has 0 spiro atoms. The quantitative estimate of drug-likeness (QED) is 0.814. The van der Waals surface area contributed by atoms with Gasteiger partial charge in [-0.15, -0.1) is 10.2 Å². The van der Waals surface area contributed by atoms with Gasteiger partial charge in [0.15, 0.2) is 5.78 Å². The number of anilines is 3. The van der Waals surface area contributed by atoms with E-state index >= 15 is 0 Å². The molecule has 132 valence electrons. The summed E-state index contributed by atoms with van der Waals surface area (Å²) in [5, 5.41) is 14.9. The van der Waals surface area contributed by atoms with Gasteiger partial charge in [-0.2, -0.15) is 0 Å². The summed E-state index contributed by atoms with van der Waals surface area (Å²) in [5.41, 5.74) is 1.11. The van der Waals surface area contributed by atoms with E-state index in [0.29, 0.717) is 22.3 Å². The second kappa shape index (κ2) is 7.60. The molecule has 1 aromatic heterocycles. The molecule has 2 amide bonds. The average Bonchev–Trinajstić information content (AvgIpc) is 3.03. The highest BCUT2D eigenvalue weighted by molar-refractivity contribution is 7.19. The predicted octanol–water partition coefficient (Wildman–Crippen LogP) is 3.62. The fourth-order valence-corrected chi connectivity index (χ4v) is 3.61. The van der Waals surface area contributed by atoms with Crippen LogP contribution in [0.25, 0.3) is 0 Å². The third-order valence-electron chi connectivity index (χ3n) is 4.09. The molecule has 1 aromatic carbocycles. The molecule has 0 bridgehead atoms. The van der Waals surface area contributed by atoms with Crippen LogP contribution in [-0.2, 0) is 0 Å². The van der Waals surface area contributed by atoms with Gasteiger partial charge in [0.05, 0.1) is 0 Å². The van der Waals surface area contributed by atoms with Crippen LogP contribution in [0.4, 0.5) is 20.7 Å². The Morgan fingerprint density at radius 2 is 2.12 bits per heavy atom. The molecule has 0 aliphatic carbocycles. The van der Waals surface area contributed by atoms with Gasteiger partial charge in [-0.3, -0.25) is 10.1 Å². The van der Waals surface area contributed by atoms with Gasteiger partial charge in [-0.25, -0.2) is 4.79 Å². The van der Waals surface area contributed by atoms with E-state index in [1.54, 1.807) is 24.3 Å². The Morgan fingerprint density at radius 1 is 1.28 bits per heavy atom. The molecule has 25 heavy (non-hydrogen) atoms. The van der Waals surface area contributed by atoms with Crippen molar-refractivity contribution in [2.45, 2.75) is 26.7 Å². The minimum Gasteiger partial charge on any atom is -0.346 e. The van der Waals surface area contributed by atoms with Crippen molar-refractivity contribution in [3.8, 4) is 0 Å². The first-order chi connectivity index (χ1) is 12.0. The highest BCUT2D eigenvalue weighted by Gasteiger charge is 2.20. The largest absolute Gasteiger partial charge is 0.346 e. The lowest BCUT2D eigenvalue weighted by Gasteiger charge is -2.29. The molecule has 0 saturated carbocycles. The maximum atomic E-state index is 12.1. The normalized spacial score (nSPS) is 17.2. The maximum Gasteiger partial charge on any atom is 0.325 e. The van der Waals surface area contributed by atoms with Gasteiger partial charge < -0.3 is 10.2 Å². The first kappa shape index (κ1) is 17.3. The highest BCUT2D eigenvalue weighted by atomic mass is 32.1. The molecule has 0 radical (unpaired) electrons. The van der Waals surface area contributed by atoms with Crippen molar-refractivity contribution in [2.24, 2.45) is 5.92 Å². The van der Waals surface area contributed by atoms with E-state index in [-0.39, 0.29) is 5.78 Å². The van der Waals surface area contributed by atoms with Gasteiger partial charge >= 0.3 is 6.03 Å². The lowest BCUT2D eigenvalue weighted by Crippen LogP contribution is -2.34. The third kappa shape index (κ3) is 4.54. The van der Waals surface area contributed by atoms with Crippen LogP contribution in [0.1, 0.15) is 37.0 Å². The Labute approximate surface area is 150 Å². The first-order valence-electron chi connectivity index (χ1n) is 8.28. The molecule has 2 aromatic rings. The number of carbonyl (C=O) groups excluding carboxylic acids is 2. The van der Waals surface area contributed by atoms with E-state index in [1.807, 2.05) is 0 Å². The number of rotatable bonds is 4. The summed E-state index contributed by atoms with van der Waals surface area (Å²) in [6.45, 7) is 5.67. The molecule has 3 rings (SSSR count). The summed E-state index contributed by atoms with van der Waals surface area (Å²) >= 11 is 1.37. The summed E-state index contributed by atoms with van der Waals surface area (Å²) in [6.07, 6.45) is 2.39. The molecular formula is C17H21N5O2S. The lowest BCUT2D eigenvalue weighted by molar-refractivity contribution is 0.101. The Hall–Kier alpha value is -2.48. The summed E-state index contributed by atoms with van der Waals surface area (Å²) in [6, 6.07) is 6.40. The van der Waals surface area contributed by atoms with Crippen molar-refractivity contribution < 1.29 is 9.59 Å². The van der Waals surface area contributed by atoms with Crippen LogP contribution in [0, 0.1) is 5.92 Å². The van der Waals surface area contributed by atoms with Crippen molar-refractivity contribution >= 4 is 39.1 Å². The summed E-state index contributed by atoms with van der Waals surface area (Å²) in [4.78, 5) is 25.7. The number of benzene rings is 1. The van der Waals surface area contributed by atoms with Crippen molar-refractivity contribution in [2.75, 3.05) is 28.6 Å². The molecule has 2 heterocycles. The van der Waals surface area contributed by atoms with Crippen molar-refractivity contribution in [3.05, 3.63) is 29.8 Å². The number of amides is 2. The smallest absolute Gasteiger partial charge is 0.325 e. The Balaban J connectivity index is 1.60. The van der Waals surface area contributed by atoms with E-state index < -0.39 is 6.03 Å². The van der Waals surface area contributed by atoms with E-state index in [2.05, 4.69) is 32.7 Å². The van der Waals surface area contributed by atoms with E-state index in [4.69, 9.17) is 0 Å². The molecule has 0 unspecified atom stereocenters. The number of Topliss-reactive ketones (excluding diaryl/α,β-unsaturated/α-hetero) is 1. The third-order valence-corrected chi connectivity index (χ3v) is 4.99. The van der Waals surface area contributed by atoms with Gasteiger partial charge in [0, 0.05) is 24.3 Å². The standard InChI is InChI=1S/C17H21N5O2S/c1-11-5-4-8-22(10-11)17-21-20-16(25-17)19-15(24)18-14-7-3-6-13(9-14)12(2)23/h3,6-7,9,11H,4-5,8,10H2,1-2H3,(H2,18,19,20,24)/t11-/m1/s1. The molecular weight excluding hydrogens is 338 g/mol. The van der Waals surface area contributed by atoms with E-state index in [9.17, 15) is 9.59 Å². The Morgan fingerprint density at radius 3 is 2.88 bits per heavy atom. The highest BCUT2D eigenvalue weighted by Crippen LogP contribution is 2.28. The molecule has 2 N–H and O–H groups in total. The fourth-order valence-electron chi connectivity index (χ4n) is 2.83. The Kier molecular flexibility index (Phi) is 5.28. The number of piperidine rings is 1. The Bertz CT molecular complexity index is 776. The number of hydrogen-bond donors (Lipinski definition) is 2. The topological polar surface area (TPSA) is 87.2 Å². The molecule has 8 heteroatoms. The molecule has 1 aliphatic rings. The van der Waals surface area contributed by atoms with Crippen LogP contribution in [0.2, 0.25) is 0 Å². The van der Waals surface area contributed by atoms with Gasteiger partial charge in [-0.05, 0) is 37.8 Å². The molecule has 1 fully saturated rings. The molecule has 1 saturated heterocycles. The number of nitrogens with one attached hydrogen (secondary N) is 2. The van der Waals surface area contributed by atoms with Crippen LogP contribution < -0.4 is 15.5 Å². The van der Waals surface area contributed by atoms with Gasteiger partial charge in [0.25, 0.3) is 0 Å². The van der Waals surface area contributed by atoms with Gasteiger partial charge in [0.1, 0.15) is 0 Å². The van der Waals surface area contributed by atoms with Crippen LogP contribution >= 0.6 is 11.3 Å². The van der Waals surface area contributed by atoms with Crippen LogP contribution in [0.5, 0.6) is 0 Å². The van der Waals surface area contributed by atoms with E-state index in [1.165, 1.54) is 24.7 Å². The lowest BCUT2D eigenvalue weighted by atomic mass is 10.0. The SMILES string of the molecule is CC(=O)c1cccc(NC(=O)Nc2nnc(N3CCC[C@@H](C)C3)s2)c1. The van der Waals surface area contributed by atoms with Crippen LogP contribution in [0.3, 0.4) is 0 Å². The second-order valence-corrected chi connectivity index (χ2v) is 7.26. The first-order valence-corrected chi connectivity index (χ1v) is 9.10. The fraction of sp³-hybridized carbons (Fsp3) is 0.412.